The smallest absolute Gasteiger partial charge is 0.286 e. The first kappa shape index (κ1) is 13.3. The molecular formula is C12H15N4S+. The van der Waals surface area contributed by atoms with E-state index in [0.29, 0.717) is 23.4 Å². The van der Waals surface area contributed by atoms with Gasteiger partial charge in [0.25, 0.3) is 5.82 Å². The molecule has 1 aromatic heterocycles. The van der Waals surface area contributed by atoms with Crippen LogP contribution >= 0.6 is 11.8 Å². The fourth-order valence-electron chi connectivity index (χ4n) is 1.58. The number of nitrogens with one attached hydrogen (secondary N) is 1. The highest BCUT2D eigenvalue weighted by molar-refractivity contribution is 7.99. The molecule has 0 unspecified atom stereocenters. The van der Waals surface area contributed by atoms with Gasteiger partial charge in [0.05, 0.1) is 0 Å². The quantitative estimate of drug-likeness (QED) is 0.823. The zero-order chi connectivity index (χ0) is 12.8. The van der Waals surface area contributed by atoms with E-state index in [1.54, 1.807) is 11.8 Å². The Hall–Kier alpha value is -1.72. The topological polar surface area (TPSA) is 87.7 Å². The third-order valence-electron chi connectivity index (χ3n) is 2.38. The van der Waals surface area contributed by atoms with E-state index in [-0.39, 0.29) is 0 Å². The first-order valence-corrected chi connectivity index (χ1v) is 6.48. The Kier molecular flexibility index (Phi) is 4.81. The van der Waals surface area contributed by atoms with Crippen LogP contribution in [-0.2, 0) is 6.42 Å². The van der Waals surface area contributed by atoms with Crippen molar-refractivity contribution in [2.75, 3.05) is 11.5 Å². The van der Waals surface area contributed by atoms with E-state index in [0.717, 1.165) is 22.8 Å². The summed E-state index contributed by atoms with van der Waals surface area (Å²) in [7, 11) is 0. The molecule has 0 radical (unpaired) electrons. The Bertz CT molecular complexity index is 497. The highest BCUT2D eigenvalue weighted by atomic mass is 32.2. The fourth-order valence-corrected chi connectivity index (χ4v) is 2.49. The minimum atomic E-state index is 0.349. The van der Waals surface area contributed by atoms with Crippen LogP contribution < -0.4 is 10.7 Å². The largest absolute Gasteiger partial charge is 0.289 e. The van der Waals surface area contributed by atoms with Gasteiger partial charge in [-0.2, -0.15) is 10.5 Å². The van der Waals surface area contributed by atoms with Crippen molar-refractivity contribution in [3.05, 3.63) is 16.7 Å². The molecule has 1 aromatic rings. The number of pyridine rings is 1. The molecule has 0 aliphatic heterocycles. The van der Waals surface area contributed by atoms with E-state index in [1.165, 1.54) is 0 Å². The van der Waals surface area contributed by atoms with E-state index < -0.39 is 0 Å². The van der Waals surface area contributed by atoms with Gasteiger partial charge in [-0.1, -0.05) is 25.6 Å². The van der Waals surface area contributed by atoms with Crippen molar-refractivity contribution in [3.8, 4) is 12.1 Å². The third kappa shape index (κ3) is 2.69. The van der Waals surface area contributed by atoms with Crippen molar-refractivity contribution in [2.24, 2.45) is 0 Å². The number of thioether (sulfide) groups is 1. The zero-order valence-electron chi connectivity index (χ0n) is 10.0. The Balaban J connectivity index is 3.40. The lowest BCUT2D eigenvalue weighted by Crippen LogP contribution is -2.19. The minimum absolute atomic E-state index is 0.349. The second-order valence-electron chi connectivity index (χ2n) is 3.52. The lowest BCUT2D eigenvalue weighted by molar-refractivity contribution is -0.410. The van der Waals surface area contributed by atoms with Crippen LogP contribution in [0.4, 0.5) is 5.82 Å². The summed E-state index contributed by atoms with van der Waals surface area (Å²) in [5, 5.41) is 19.0. The minimum Gasteiger partial charge on any atom is -0.286 e. The van der Waals surface area contributed by atoms with Gasteiger partial charge in [0.2, 0.25) is 0 Å². The Morgan fingerprint density at radius 1 is 1.24 bits per heavy atom. The van der Waals surface area contributed by atoms with Crippen molar-refractivity contribution in [1.29, 1.82) is 10.5 Å². The van der Waals surface area contributed by atoms with Gasteiger partial charge < -0.3 is 0 Å². The summed E-state index contributed by atoms with van der Waals surface area (Å²) in [5.41, 5.74) is 7.49. The van der Waals surface area contributed by atoms with Crippen molar-refractivity contribution in [3.63, 3.8) is 0 Å². The van der Waals surface area contributed by atoms with E-state index in [9.17, 15) is 5.26 Å². The highest BCUT2D eigenvalue weighted by Crippen LogP contribution is 2.25. The highest BCUT2D eigenvalue weighted by Gasteiger charge is 2.20. The Morgan fingerprint density at radius 2 is 1.88 bits per heavy atom. The molecule has 0 fully saturated rings. The van der Waals surface area contributed by atoms with Crippen LogP contribution in [0.1, 0.15) is 37.0 Å². The molecule has 0 spiro atoms. The van der Waals surface area contributed by atoms with Crippen molar-refractivity contribution in [2.45, 2.75) is 31.7 Å². The standard InChI is InChI=1S/C12H14N4S/c1-3-5-17-12-10(7-14)8(4-2)9(6-13)11(15)16-12/h3-5H2,1-2H3,(H2,15,16)/p+1. The molecule has 0 saturated heterocycles. The molecule has 0 bridgehead atoms. The Morgan fingerprint density at radius 3 is 2.35 bits per heavy atom. The van der Waals surface area contributed by atoms with Gasteiger partial charge in [-0.25, -0.2) is 4.98 Å². The second-order valence-corrected chi connectivity index (χ2v) is 4.63. The number of nitriles is 2. The van der Waals surface area contributed by atoms with Gasteiger partial charge in [0.1, 0.15) is 23.3 Å². The molecule has 4 nitrogen and oxygen atoms in total. The van der Waals surface area contributed by atoms with E-state index in [1.807, 2.05) is 6.92 Å². The number of rotatable bonds is 4. The molecule has 0 saturated carbocycles. The SMILES string of the molecule is CCCSc1[nH+]c(N)c(C#N)c(CC)c1C#N. The number of nitrogen functional groups attached to an aromatic ring is 1. The summed E-state index contributed by atoms with van der Waals surface area (Å²) in [6, 6.07) is 4.22. The molecule has 88 valence electrons. The van der Waals surface area contributed by atoms with Crippen LogP contribution in [0, 0.1) is 22.7 Å². The zero-order valence-corrected chi connectivity index (χ0v) is 10.8. The van der Waals surface area contributed by atoms with Crippen molar-refractivity contribution < 1.29 is 4.98 Å². The molecule has 1 rings (SSSR count). The second kappa shape index (κ2) is 6.12. The molecule has 5 heteroatoms. The number of nitrogens with two attached hydrogens (primary N) is 1. The van der Waals surface area contributed by atoms with Crippen molar-refractivity contribution in [1.82, 2.24) is 0 Å². The summed E-state index contributed by atoms with van der Waals surface area (Å²) in [4.78, 5) is 2.95. The Labute approximate surface area is 105 Å². The monoisotopic (exact) mass is 247 g/mol. The molecule has 0 aliphatic rings. The number of aromatic amines is 1. The molecular weight excluding hydrogens is 232 g/mol. The maximum atomic E-state index is 9.21. The number of hydrogen-bond acceptors (Lipinski definition) is 4. The van der Waals surface area contributed by atoms with E-state index in [2.05, 4.69) is 24.0 Å². The summed E-state index contributed by atoms with van der Waals surface area (Å²) >= 11 is 1.57. The van der Waals surface area contributed by atoms with E-state index in [4.69, 9.17) is 11.0 Å². The van der Waals surface area contributed by atoms with Gasteiger partial charge in [0.15, 0.2) is 5.03 Å². The van der Waals surface area contributed by atoms with Crippen LogP contribution in [0.25, 0.3) is 0 Å². The summed E-state index contributed by atoms with van der Waals surface area (Å²) in [6.07, 6.45) is 1.65. The van der Waals surface area contributed by atoms with Crippen LogP contribution in [0.2, 0.25) is 0 Å². The maximum absolute atomic E-state index is 9.21. The first-order chi connectivity index (χ1) is 8.19. The molecule has 3 N–H and O–H groups in total. The maximum Gasteiger partial charge on any atom is 0.289 e. The predicted octanol–water partition coefficient (Wildman–Crippen LogP) is 1.89. The van der Waals surface area contributed by atoms with Crippen LogP contribution in [-0.4, -0.2) is 5.75 Å². The summed E-state index contributed by atoms with van der Waals surface area (Å²) < 4.78 is 0. The fraction of sp³-hybridized carbons (Fsp3) is 0.417. The molecule has 0 atom stereocenters. The van der Waals surface area contributed by atoms with Gasteiger partial charge in [-0.3, -0.25) is 5.73 Å². The molecule has 0 aliphatic carbocycles. The molecule has 0 amide bonds. The lowest BCUT2D eigenvalue weighted by atomic mass is 10.0. The summed E-state index contributed by atoms with van der Waals surface area (Å²) in [6.45, 7) is 4.00. The number of hydrogen-bond donors (Lipinski definition) is 1. The number of anilines is 1. The number of aromatic nitrogens is 1. The molecule has 1 heterocycles. The number of H-pyrrole nitrogens is 1. The van der Waals surface area contributed by atoms with E-state index >= 15 is 0 Å². The van der Waals surface area contributed by atoms with Gasteiger partial charge in [-0.05, 0) is 12.8 Å². The first-order valence-electron chi connectivity index (χ1n) is 5.50. The van der Waals surface area contributed by atoms with Crippen LogP contribution in [0.15, 0.2) is 5.03 Å². The van der Waals surface area contributed by atoms with Crippen LogP contribution in [0.3, 0.4) is 0 Å². The average molecular weight is 247 g/mol. The third-order valence-corrected chi connectivity index (χ3v) is 3.58. The summed E-state index contributed by atoms with van der Waals surface area (Å²) in [5.74, 6) is 1.27. The molecule has 17 heavy (non-hydrogen) atoms. The average Bonchev–Trinajstić information content (AvgIpc) is 2.35. The predicted molar refractivity (Wildman–Crippen MR) is 67.2 cm³/mol. The van der Waals surface area contributed by atoms with Gasteiger partial charge >= 0.3 is 0 Å². The van der Waals surface area contributed by atoms with Gasteiger partial charge in [0, 0.05) is 11.3 Å². The van der Waals surface area contributed by atoms with Crippen molar-refractivity contribution >= 4 is 17.6 Å². The molecule has 0 aromatic carbocycles. The normalized spacial score (nSPS) is 9.65. The lowest BCUT2D eigenvalue weighted by Gasteiger charge is -2.07. The van der Waals surface area contributed by atoms with Crippen LogP contribution in [0.5, 0.6) is 0 Å². The van der Waals surface area contributed by atoms with Gasteiger partial charge in [-0.15, -0.1) is 0 Å². The number of nitrogens with zero attached hydrogens (tertiary/aromatic N) is 2.